The first-order valence-electron chi connectivity index (χ1n) is 8.87. The van der Waals surface area contributed by atoms with Gasteiger partial charge >= 0.3 is 0 Å². The molecule has 10 heteroatoms. The molecule has 3 N–H and O–H groups in total. The molecule has 29 heavy (non-hydrogen) atoms. The highest BCUT2D eigenvalue weighted by atomic mass is 32.2. The Morgan fingerprint density at radius 3 is 2.31 bits per heavy atom. The largest absolute Gasteiger partial charge is 0.384 e. The van der Waals surface area contributed by atoms with Gasteiger partial charge < -0.3 is 10.6 Å². The zero-order valence-corrected chi connectivity index (χ0v) is 17.8. The van der Waals surface area contributed by atoms with Crippen molar-refractivity contribution in [3.05, 3.63) is 42.6 Å². The van der Waals surface area contributed by atoms with Crippen LogP contribution in [0.15, 0.2) is 52.4 Å². The molecular weight excluding hydrogens is 410 g/mol. The van der Waals surface area contributed by atoms with Gasteiger partial charge in [0.15, 0.2) is 0 Å². The van der Waals surface area contributed by atoms with Gasteiger partial charge in [-0.3, -0.25) is 0 Å². The summed E-state index contributed by atoms with van der Waals surface area (Å²) in [6, 6.07) is 9.52. The van der Waals surface area contributed by atoms with E-state index in [0.29, 0.717) is 18.0 Å². The predicted octanol–water partition coefficient (Wildman–Crippen LogP) is 1.60. The number of rotatable bonds is 4. The van der Waals surface area contributed by atoms with Crippen molar-refractivity contribution in [2.75, 3.05) is 36.5 Å². The molecule has 0 spiro atoms. The number of anilines is 2. The van der Waals surface area contributed by atoms with Crippen molar-refractivity contribution in [3.63, 3.8) is 0 Å². The fraction of sp³-hybridized carbons (Fsp3) is 0.316. The van der Waals surface area contributed by atoms with Crippen LogP contribution in [0.2, 0.25) is 0 Å². The van der Waals surface area contributed by atoms with Gasteiger partial charge in [-0.15, -0.1) is 5.92 Å². The molecule has 154 valence electrons. The lowest BCUT2D eigenvalue weighted by Crippen LogP contribution is -2.54. The van der Waals surface area contributed by atoms with E-state index in [9.17, 15) is 12.6 Å². The summed E-state index contributed by atoms with van der Waals surface area (Å²) in [4.78, 5) is 6.46. The number of pyridine rings is 1. The number of nitrogens with zero attached hydrogens (tertiary/aromatic N) is 3. The molecule has 3 rings (SSSR count). The topological polar surface area (TPSA) is 120 Å². The molecule has 8 nitrogen and oxygen atoms in total. The van der Waals surface area contributed by atoms with Crippen molar-refractivity contribution in [1.29, 1.82) is 4.78 Å². The zero-order valence-electron chi connectivity index (χ0n) is 16.2. The summed E-state index contributed by atoms with van der Waals surface area (Å²) in [5.74, 6) is 6.22. The number of hydrogen-bond acceptors (Lipinski definition) is 7. The average Bonchev–Trinajstić information content (AvgIpc) is 2.68. The molecule has 0 saturated carbocycles. The van der Waals surface area contributed by atoms with Crippen molar-refractivity contribution in [1.82, 2.24) is 9.29 Å². The van der Waals surface area contributed by atoms with Gasteiger partial charge in [-0.05, 0) is 43.3 Å². The van der Waals surface area contributed by atoms with Gasteiger partial charge in [0.05, 0.1) is 9.73 Å². The summed E-state index contributed by atoms with van der Waals surface area (Å²) in [5, 5.41) is 0. The van der Waals surface area contributed by atoms with Crippen molar-refractivity contribution in [2.24, 2.45) is 0 Å². The van der Waals surface area contributed by atoms with Gasteiger partial charge in [0, 0.05) is 42.7 Å². The monoisotopic (exact) mass is 433 g/mol. The summed E-state index contributed by atoms with van der Waals surface area (Å²) >= 11 is 0. The van der Waals surface area contributed by atoms with E-state index >= 15 is 0 Å². The molecule has 1 fully saturated rings. The smallest absolute Gasteiger partial charge is 0.244 e. The Morgan fingerprint density at radius 2 is 1.76 bits per heavy atom. The van der Waals surface area contributed by atoms with E-state index < -0.39 is 19.8 Å². The van der Waals surface area contributed by atoms with Crippen molar-refractivity contribution in [2.45, 2.75) is 22.8 Å². The van der Waals surface area contributed by atoms with Crippen LogP contribution in [0.25, 0.3) is 0 Å². The van der Waals surface area contributed by atoms with Gasteiger partial charge in [-0.25, -0.2) is 22.4 Å². The van der Waals surface area contributed by atoms with Gasteiger partial charge in [0.1, 0.15) is 16.8 Å². The summed E-state index contributed by atoms with van der Waals surface area (Å²) in [5.41, 5.74) is 6.40. The second-order valence-electron chi connectivity index (χ2n) is 6.72. The van der Waals surface area contributed by atoms with E-state index in [4.69, 9.17) is 10.5 Å². The lowest BCUT2D eigenvalue weighted by molar-refractivity contribution is 0.360. The number of sulfonamides is 1. The summed E-state index contributed by atoms with van der Waals surface area (Å²) in [6.45, 7) is 2.66. The Morgan fingerprint density at radius 1 is 1.10 bits per heavy atom. The van der Waals surface area contributed by atoms with E-state index in [1.165, 1.54) is 28.9 Å². The third-order valence-corrected chi connectivity index (χ3v) is 7.69. The number of nitrogens with one attached hydrogen (secondary N) is 1. The number of nitrogens with two attached hydrogens (primary N) is 1. The summed E-state index contributed by atoms with van der Waals surface area (Å²) in [7, 11) is -6.49. The third-order valence-electron chi connectivity index (χ3n) is 4.67. The Balaban J connectivity index is 1.86. The molecule has 1 aromatic carbocycles. The second kappa shape index (κ2) is 8.02. The molecule has 2 atom stereocenters. The number of hydrogen-bond donors (Lipinski definition) is 2. The van der Waals surface area contributed by atoms with E-state index in [1.54, 1.807) is 31.2 Å². The Kier molecular flexibility index (Phi) is 5.84. The van der Waals surface area contributed by atoms with Crippen LogP contribution in [0.5, 0.6) is 0 Å². The maximum Gasteiger partial charge on any atom is 0.244 e. The van der Waals surface area contributed by atoms with Crippen LogP contribution in [0, 0.1) is 16.6 Å². The molecule has 2 aromatic rings. The fourth-order valence-corrected chi connectivity index (χ4v) is 5.21. The molecule has 2 heterocycles. The normalized spacial score (nSPS) is 19.8. The Bertz CT molecular complexity index is 1150. The van der Waals surface area contributed by atoms with Crippen LogP contribution >= 0.6 is 0 Å². The number of piperazine rings is 1. The maximum atomic E-state index is 13.0. The average molecular weight is 434 g/mol. The first kappa shape index (κ1) is 21.1. The molecule has 1 aromatic heterocycles. The molecule has 1 aliphatic rings. The van der Waals surface area contributed by atoms with E-state index in [2.05, 4.69) is 16.8 Å². The quantitative estimate of drug-likeness (QED) is 0.707. The highest BCUT2D eigenvalue weighted by Gasteiger charge is 2.34. The lowest BCUT2D eigenvalue weighted by Gasteiger charge is -2.39. The number of benzene rings is 1. The van der Waals surface area contributed by atoms with Crippen LogP contribution in [0.1, 0.15) is 6.92 Å². The fourth-order valence-electron chi connectivity index (χ4n) is 3.17. The minimum atomic E-state index is -3.70. The van der Waals surface area contributed by atoms with Gasteiger partial charge in [0.2, 0.25) is 10.0 Å². The number of aromatic nitrogens is 1. The summed E-state index contributed by atoms with van der Waals surface area (Å²) < 4.78 is 46.9. The molecular formula is C19H23N5O3S2. The van der Waals surface area contributed by atoms with E-state index in [-0.39, 0.29) is 23.3 Å². The van der Waals surface area contributed by atoms with Crippen molar-refractivity contribution in [3.8, 4) is 11.8 Å². The van der Waals surface area contributed by atoms with E-state index in [0.717, 1.165) is 5.69 Å². The maximum absolute atomic E-state index is 13.0. The van der Waals surface area contributed by atoms with Crippen LogP contribution < -0.4 is 10.6 Å². The van der Waals surface area contributed by atoms with Crippen LogP contribution in [-0.4, -0.2) is 53.8 Å². The molecule has 0 bridgehead atoms. The van der Waals surface area contributed by atoms with Gasteiger partial charge in [-0.2, -0.15) is 4.31 Å². The second-order valence-corrected chi connectivity index (χ2v) is 10.8. The minimum Gasteiger partial charge on any atom is -0.384 e. The lowest BCUT2D eigenvalue weighted by atomic mass is 10.1. The SMILES string of the molecule is CC#C[C@H]1CN(S(=O)(=O)c2ccc(N)nc2)CCN1c1ccc(S(C)(=N)=O)cc1. The van der Waals surface area contributed by atoms with E-state index in [1.807, 2.05) is 4.90 Å². The molecule has 1 saturated heterocycles. The first-order chi connectivity index (χ1) is 13.6. The molecule has 0 aliphatic carbocycles. The third kappa shape index (κ3) is 4.53. The van der Waals surface area contributed by atoms with Crippen LogP contribution in [0.4, 0.5) is 11.5 Å². The highest BCUT2D eigenvalue weighted by molar-refractivity contribution is 7.91. The summed E-state index contributed by atoms with van der Waals surface area (Å²) in [6.07, 6.45) is 2.64. The molecule has 0 radical (unpaired) electrons. The minimum absolute atomic E-state index is 0.0980. The molecule has 0 amide bonds. The van der Waals surface area contributed by atoms with Gasteiger partial charge in [-0.1, -0.05) is 5.92 Å². The molecule has 1 aliphatic heterocycles. The Labute approximate surface area is 171 Å². The number of nitrogen functional groups attached to an aromatic ring is 1. The van der Waals surface area contributed by atoms with Crippen molar-refractivity contribution >= 4 is 31.3 Å². The first-order valence-corrected chi connectivity index (χ1v) is 12.3. The van der Waals surface area contributed by atoms with Crippen LogP contribution in [-0.2, 0) is 19.8 Å². The zero-order chi connectivity index (χ0) is 21.2. The molecule has 1 unspecified atom stereocenters. The Hall–Kier alpha value is -2.61. The van der Waals surface area contributed by atoms with Crippen molar-refractivity contribution < 1.29 is 12.6 Å². The highest BCUT2D eigenvalue weighted by Crippen LogP contribution is 2.25. The van der Waals surface area contributed by atoms with Crippen LogP contribution in [0.3, 0.4) is 0 Å². The van der Waals surface area contributed by atoms with Gasteiger partial charge in [0.25, 0.3) is 0 Å². The standard InChI is InChI=1S/C19H23N5O3S2/c1-3-4-16-14-23(29(26,27)18-9-10-19(20)22-13-18)11-12-24(16)15-5-7-17(8-6-15)28(2,21)25/h5-10,13,16,21H,11-12,14H2,1-2H3,(H2,20,22)/t16-,28?/m0/s1. The predicted molar refractivity (Wildman–Crippen MR) is 113 cm³/mol.